The zero-order valence-electron chi connectivity index (χ0n) is 16.9. The van der Waals surface area contributed by atoms with Crippen LogP contribution in [0.2, 0.25) is 0 Å². The van der Waals surface area contributed by atoms with Crippen molar-refractivity contribution in [3.63, 3.8) is 0 Å². The second-order valence-corrected chi connectivity index (χ2v) is 8.48. The molecule has 27 heavy (non-hydrogen) atoms. The molecule has 152 valence electrons. The third-order valence-corrected chi connectivity index (χ3v) is 5.12. The van der Waals surface area contributed by atoms with Gasteiger partial charge in [0.25, 0.3) is 0 Å². The van der Waals surface area contributed by atoms with Gasteiger partial charge >= 0.3 is 0 Å². The van der Waals surface area contributed by atoms with E-state index in [1.807, 2.05) is 19.9 Å². The van der Waals surface area contributed by atoms with Crippen LogP contribution in [0, 0.1) is 6.92 Å². The van der Waals surface area contributed by atoms with Gasteiger partial charge in [-0.3, -0.25) is 0 Å². The highest BCUT2D eigenvalue weighted by atomic mass is 127. The predicted molar refractivity (Wildman–Crippen MR) is 122 cm³/mol. The monoisotopic (exact) mass is 506 g/mol. The Balaban J connectivity index is 0.00000364. The molecule has 0 aliphatic rings. The molecule has 2 heterocycles. The van der Waals surface area contributed by atoms with Crippen molar-refractivity contribution in [2.45, 2.75) is 59.1 Å². The van der Waals surface area contributed by atoms with Crippen molar-refractivity contribution < 1.29 is 9.52 Å². The summed E-state index contributed by atoms with van der Waals surface area (Å²) in [5.41, 5.74) is -0.120. The van der Waals surface area contributed by atoms with Crippen LogP contribution >= 0.6 is 35.3 Å². The maximum absolute atomic E-state index is 10.6. The minimum atomic E-state index is -1.12. The Hall–Kier alpha value is -1.13. The first kappa shape index (κ1) is 23.9. The number of nitrogens with one attached hydrogen (secondary N) is 2. The Labute approximate surface area is 182 Å². The zero-order valence-corrected chi connectivity index (χ0v) is 20.1. The zero-order chi connectivity index (χ0) is 19.4. The summed E-state index contributed by atoms with van der Waals surface area (Å²) in [4.78, 5) is 9.24. The number of nitrogens with zero attached hydrogens (tertiary/aromatic N) is 2. The maximum Gasteiger partial charge on any atom is 0.191 e. The fraction of sp³-hybridized carbons (Fsp3) is 0.579. The molecule has 0 radical (unpaired) electrons. The van der Waals surface area contributed by atoms with Gasteiger partial charge in [-0.05, 0) is 32.9 Å². The van der Waals surface area contributed by atoms with Gasteiger partial charge in [-0.2, -0.15) is 0 Å². The summed E-state index contributed by atoms with van der Waals surface area (Å²) in [7, 11) is 0. The molecule has 0 bridgehead atoms. The lowest BCUT2D eigenvalue weighted by atomic mass is 9.98. The summed E-state index contributed by atoms with van der Waals surface area (Å²) in [6, 6.07) is 3.64. The summed E-state index contributed by atoms with van der Waals surface area (Å²) in [5.74, 6) is 1.95. The van der Waals surface area contributed by atoms with Crippen LogP contribution in [-0.4, -0.2) is 29.1 Å². The number of halogens is 1. The van der Waals surface area contributed by atoms with Crippen LogP contribution < -0.4 is 10.6 Å². The van der Waals surface area contributed by atoms with Crippen molar-refractivity contribution in [1.82, 2.24) is 15.6 Å². The Kier molecular flexibility index (Phi) is 8.75. The number of furan rings is 1. The van der Waals surface area contributed by atoms with E-state index in [0.29, 0.717) is 18.3 Å². The number of guanidine groups is 1. The van der Waals surface area contributed by atoms with E-state index in [-0.39, 0.29) is 35.9 Å². The maximum atomic E-state index is 10.6. The van der Waals surface area contributed by atoms with E-state index in [1.165, 1.54) is 0 Å². The molecule has 1 atom stereocenters. The molecule has 0 aromatic carbocycles. The molecule has 1 unspecified atom stereocenters. The molecule has 2 rings (SSSR count). The van der Waals surface area contributed by atoms with Crippen molar-refractivity contribution >= 4 is 41.3 Å². The van der Waals surface area contributed by atoms with Crippen LogP contribution in [0.5, 0.6) is 0 Å². The standard InChI is InChI=1S/C19H30N4O2S.HI/c1-7-20-17(21-10-14-11-26-16(23-14)18(3,4)5)22-12-19(6,24)15-9-8-13(2)25-15;/h8-9,11,24H,7,10,12H2,1-6H3,(H2,20,21,22);1H. The molecule has 2 aromatic heterocycles. The van der Waals surface area contributed by atoms with Crippen LogP contribution in [0.3, 0.4) is 0 Å². The Morgan fingerprint density at radius 3 is 2.48 bits per heavy atom. The van der Waals surface area contributed by atoms with E-state index in [0.717, 1.165) is 23.0 Å². The average Bonchev–Trinajstić information content (AvgIpc) is 3.19. The lowest BCUT2D eigenvalue weighted by Crippen LogP contribution is -2.44. The molecule has 0 amide bonds. The minimum Gasteiger partial charge on any atom is -0.463 e. The number of rotatable bonds is 6. The van der Waals surface area contributed by atoms with Crippen LogP contribution in [0.1, 0.15) is 56.8 Å². The topological polar surface area (TPSA) is 82.7 Å². The van der Waals surface area contributed by atoms with Gasteiger partial charge in [0.1, 0.15) is 17.1 Å². The molecule has 0 spiro atoms. The van der Waals surface area contributed by atoms with Gasteiger partial charge < -0.3 is 20.2 Å². The highest BCUT2D eigenvalue weighted by Crippen LogP contribution is 2.25. The quantitative estimate of drug-likeness (QED) is 0.314. The summed E-state index contributed by atoms with van der Waals surface area (Å²) in [6.45, 7) is 13.6. The molecular formula is C19H31IN4O2S. The lowest BCUT2D eigenvalue weighted by Gasteiger charge is -2.22. The number of aliphatic imine (C=N–C) groups is 1. The largest absolute Gasteiger partial charge is 0.463 e. The molecule has 3 N–H and O–H groups in total. The number of thiazole rings is 1. The van der Waals surface area contributed by atoms with E-state index < -0.39 is 5.60 Å². The van der Waals surface area contributed by atoms with Gasteiger partial charge in [0, 0.05) is 17.3 Å². The van der Waals surface area contributed by atoms with E-state index >= 15 is 0 Å². The number of hydrogen-bond acceptors (Lipinski definition) is 5. The third-order valence-electron chi connectivity index (χ3n) is 3.81. The van der Waals surface area contributed by atoms with Gasteiger partial charge in [0.2, 0.25) is 0 Å². The van der Waals surface area contributed by atoms with Crippen LogP contribution in [0.25, 0.3) is 0 Å². The molecule has 8 heteroatoms. The minimum absolute atomic E-state index is 0. The van der Waals surface area contributed by atoms with E-state index in [2.05, 4.69) is 46.8 Å². The summed E-state index contributed by atoms with van der Waals surface area (Å²) in [5, 5.41) is 20.2. The second kappa shape index (κ2) is 9.88. The molecule has 2 aromatic rings. The van der Waals surface area contributed by atoms with Crippen molar-refractivity contribution in [1.29, 1.82) is 0 Å². The van der Waals surface area contributed by atoms with Gasteiger partial charge in [-0.15, -0.1) is 35.3 Å². The van der Waals surface area contributed by atoms with Crippen LogP contribution in [0.15, 0.2) is 26.9 Å². The van der Waals surface area contributed by atoms with Crippen molar-refractivity contribution in [2.24, 2.45) is 4.99 Å². The number of aryl methyl sites for hydroxylation is 1. The molecule has 0 saturated carbocycles. The van der Waals surface area contributed by atoms with E-state index in [4.69, 9.17) is 4.42 Å². The smallest absolute Gasteiger partial charge is 0.191 e. The number of aromatic nitrogens is 1. The van der Waals surface area contributed by atoms with Crippen LogP contribution in [0.4, 0.5) is 0 Å². The summed E-state index contributed by atoms with van der Waals surface area (Å²) >= 11 is 1.67. The van der Waals surface area contributed by atoms with Crippen molar-refractivity contribution in [2.75, 3.05) is 13.1 Å². The molecule has 0 fully saturated rings. The third kappa shape index (κ3) is 7.08. The fourth-order valence-corrected chi connectivity index (χ4v) is 3.19. The number of aliphatic hydroxyl groups is 1. The molecule has 0 aliphatic heterocycles. The Bertz CT molecular complexity index is 747. The molecule has 0 aliphatic carbocycles. The molecular weight excluding hydrogens is 475 g/mol. The highest BCUT2D eigenvalue weighted by molar-refractivity contribution is 14.0. The SMILES string of the molecule is CCNC(=NCc1csc(C(C)(C)C)n1)NCC(C)(O)c1ccc(C)o1.I. The Morgan fingerprint density at radius 2 is 1.96 bits per heavy atom. The summed E-state index contributed by atoms with van der Waals surface area (Å²) in [6.07, 6.45) is 0. The van der Waals surface area contributed by atoms with Crippen molar-refractivity contribution in [3.8, 4) is 0 Å². The average molecular weight is 506 g/mol. The molecule has 0 saturated heterocycles. The first-order valence-corrected chi connectivity index (χ1v) is 9.76. The lowest BCUT2D eigenvalue weighted by molar-refractivity contribution is 0.0378. The highest BCUT2D eigenvalue weighted by Gasteiger charge is 2.27. The van der Waals surface area contributed by atoms with Crippen LogP contribution in [-0.2, 0) is 17.6 Å². The van der Waals surface area contributed by atoms with Gasteiger partial charge in [0.05, 0.1) is 23.8 Å². The van der Waals surface area contributed by atoms with Gasteiger partial charge in [-0.1, -0.05) is 20.8 Å². The predicted octanol–water partition coefficient (Wildman–Crippen LogP) is 3.92. The number of hydrogen-bond donors (Lipinski definition) is 3. The second-order valence-electron chi connectivity index (χ2n) is 7.63. The van der Waals surface area contributed by atoms with Crippen molar-refractivity contribution in [3.05, 3.63) is 39.7 Å². The first-order chi connectivity index (χ1) is 12.1. The summed E-state index contributed by atoms with van der Waals surface area (Å²) < 4.78 is 5.55. The Morgan fingerprint density at radius 1 is 1.26 bits per heavy atom. The van der Waals surface area contributed by atoms with E-state index in [1.54, 1.807) is 24.3 Å². The van der Waals surface area contributed by atoms with E-state index in [9.17, 15) is 5.11 Å². The molecule has 6 nitrogen and oxygen atoms in total. The van der Waals surface area contributed by atoms with Gasteiger partial charge in [0.15, 0.2) is 5.96 Å². The van der Waals surface area contributed by atoms with Gasteiger partial charge in [-0.25, -0.2) is 9.98 Å². The first-order valence-electron chi connectivity index (χ1n) is 8.88. The normalized spacial score (nSPS) is 14.4. The fourth-order valence-electron chi connectivity index (χ4n) is 2.29.